The first-order valence-electron chi connectivity index (χ1n) is 5.15. The van der Waals surface area contributed by atoms with Crippen LogP contribution in [0, 0.1) is 0 Å². The van der Waals surface area contributed by atoms with Crippen LogP contribution in [0.25, 0.3) is 0 Å². The van der Waals surface area contributed by atoms with E-state index in [0.29, 0.717) is 0 Å². The van der Waals surface area contributed by atoms with Crippen molar-refractivity contribution in [3.63, 3.8) is 0 Å². The van der Waals surface area contributed by atoms with Crippen molar-refractivity contribution in [3.8, 4) is 0 Å². The maximum atomic E-state index is 1.98. The largest absolute Gasteiger partial charge is 1.00 e. The Morgan fingerprint density at radius 2 is 1.09 bits per heavy atom. The Morgan fingerprint density at radius 3 is 1.55 bits per heavy atom. The maximum Gasteiger partial charge on any atom is -1.00 e. The van der Waals surface area contributed by atoms with Gasteiger partial charge in [-0.05, 0) is 0 Å². The Balaban J connectivity index is 0. The van der Waals surface area contributed by atoms with E-state index in [4.69, 9.17) is 0 Å². The van der Waals surface area contributed by atoms with Gasteiger partial charge in [0.2, 0.25) is 0 Å². The topological polar surface area (TPSA) is 0 Å². The third kappa shape index (κ3) is 4.97. The normalized spacial score (nSPS) is 24.7. The van der Waals surface area contributed by atoms with Gasteiger partial charge in [-0.2, -0.15) is 0 Å². The van der Waals surface area contributed by atoms with Crippen LogP contribution >= 0.6 is 0 Å². The second kappa shape index (κ2) is 6.19. The van der Waals surface area contributed by atoms with E-state index in [9.17, 15) is 0 Å². The first kappa shape index (κ1) is 9.72. The predicted octanol–water partition coefficient (Wildman–Crippen LogP) is 3.69. The van der Waals surface area contributed by atoms with Gasteiger partial charge in [-0.15, -0.1) is 0 Å². The molecule has 1 aliphatic carbocycles. The minimum absolute atomic E-state index is 0. The zero-order valence-electron chi connectivity index (χ0n) is 9.52. The molecule has 0 aliphatic heterocycles. The third-order valence-corrected chi connectivity index (χ3v) is 4.05. The average molecular weight is 211 g/mol. The van der Waals surface area contributed by atoms with Gasteiger partial charge in [0, 0.05) is 0 Å². The molecule has 0 bridgehead atoms. The third-order valence-electron chi connectivity index (χ3n) is 2.65. The van der Waals surface area contributed by atoms with Gasteiger partial charge in [0.15, 0.2) is 0 Å². The van der Waals surface area contributed by atoms with Crippen molar-refractivity contribution in [2.45, 2.75) is 62.3 Å². The summed E-state index contributed by atoms with van der Waals surface area (Å²) in [4.78, 5) is 0. The van der Waals surface area contributed by atoms with Crippen LogP contribution in [-0.4, -0.2) is 18.6 Å². The van der Waals surface area contributed by atoms with E-state index in [1.54, 1.807) is 0 Å². The zero-order valence-corrected chi connectivity index (χ0v) is 9.94. The molecule has 0 N–H and O–H groups in total. The Hall–Kier alpha value is 0.636. The van der Waals surface area contributed by atoms with Gasteiger partial charge in [0.05, 0.1) is 0 Å². The summed E-state index contributed by atoms with van der Waals surface area (Å²) < 4.78 is 1.07. The smallest absolute Gasteiger partial charge is 1.00 e. The van der Waals surface area contributed by atoms with Gasteiger partial charge in [-0.25, -0.2) is 0 Å². The first-order chi connectivity index (χ1) is 5.39. The Labute approximate surface area is 84.0 Å². The molecule has 66 valence electrons. The summed E-state index contributed by atoms with van der Waals surface area (Å²) in [6.45, 7) is 0. The summed E-state index contributed by atoms with van der Waals surface area (Å²) in [5.74, 6) is 0. The molecule has 1 aliphatic rings. The minimum atomic E-state index is 0. The maximum absolute atomic E-state index is 1.98. The van der Waals surface area contributed by atoms with Gasteiger partial charge >= 0.3 is 80.9 Å². The quantitative estimate of drug-likeness (QED) is 0.536. The fourth-order valence-corrected chi connectivity index (χ4v) is 2.83. The SMILES string of the molecule is [Ga][CH]1CCCCCCCCC1.[H-].[H-]. The van der Waals surface area contributed by atoms with E-state index in [1.807, 2.05) is 18.6 Å². The van der Waals surface area contributed by atoms with Crippen LogP contribution in [0.5, 0.6) is 0 Å². The summed E-state index contributed by atoms with van der Waals surface area (Å²) in [6.07, 6.45) is 13.5. The van der Waals surface area contributed by atoms with E-state index in [1.165, 1.54) is 57.8 Å². The van der Waals surface area contributed by atoms with Gasteiger partial charge in [-0.3, -0.25) is 0 Å². The van der Waals surface area contributed by atoms with E-state index in [0.717, 1.165) is 4.47 Å². The standard InChI is InChI=1S/C10H19.Ga.2H/c1-2-4-6-8-10-9-7-5-3-1;;;/h1H,2-10H2;;;/q;;2*-1. The van der Waals surface area contributed by atoms with Gasteiger partial charge < -0.3 is 2.85 Å². The van der Waals surface area contributed by atoms with Gasteiger partial charge in [0.1, 0.15) is 0 Å². The van der Waals surface area contributed by atoms with Crippen molar-refractivity contribution < 1.29 is 2.85 Å². The fraction of sp³-hybridized carbons (Fsp3) is 1.00. The predicted molar refractivity (Wildman–Crippen MR) is 53.3 cm³/mol. The molecule has 1 saturated carbocycles. The molecular formula is C10H21Ga-2. The Morgan fingerprint density at radius 1 is 0.727 bits per heavy atom. The molecule has 0 aromatic heterocycles. The molecule has 0 saturated heterocycles. The van der Waals surface area contributed by atoms with Crippen molar-refractivity contribution in [2.75, 3.05) is 0 Å². The number of rotatable bonds is 0. The second-order valence-corrected chi connectivity index (χ2v) is 5.79. The molecule has 1 rings (SSSR count). The Kier molecular flexibility index (Phi) is 5.47. The molecule has 0 spiro atoms. The molecule has 1 heteroatoms. The molecule has 0 unspecified atom stereocenters. The molecule has 0 aromatic carbocycles. The van der Waals surface area contributed by atoms with E-state index >= 15 is 0 Å². The molecule has 0 nitrogen and oxygen atoms in total. The van der Waals surface area contributed by atoms with Crippen LogP contribution in [0.15, 0.2) is 0 Å². The summed E-state index contributed by atoms with van der Waals surface area (Å²) >= 11 is 1.98. The molecule has 11 heavy (non-hydrogen) atoms. The molecule has 0 amide bonds. The first-order valence-corrected chi connectivity index (χ1v) is 6.55. The molecule has 0 aromatic rings. The zero-order chi connectivity index (χ0) is 7.94. The summed E-state index contributed by atoms with van der Waals surface area (Å²) in [5, 5.41) is 0. The van der Waals surface area contributed by atoms with Gasteiger partial charge in [-0.1, -0.05) is 0 Å². The molecule has 1 fully saturated rings. The van der Waals surface area contributed by atoms with Crippen LogP contribution in [-0.2, 0) is 0 Å². The monoisotopic (exact) mass is 210 g/mol. The van der Waals surface area contributed by atoms with Crippen LogP contribution in [0.1, 0.15) is 60.6 Å². The Bertz CT molecular complexity index is 88.9. The van der Waals surface area contributed by atoms with E-state index in [2.05, 4.69) is 0 Å². The van der Waals surface area contributed by atoms with Crippen molar-refractivity contribution in [1.29, 1.82) is 0 Å². The van der Waals surface area contributed by atoms with Crippen LogP contribution in [0.2, 0.25) is 4.47 Å². The van der Waals surface area contributed by atoms with Crippen molar-refractivity contribution >= 4 is 18.6 Å². The van der Waals surface area contributed by atoms with Crippen LogP contribution < -0.4 is 0 Å². The minimum Gasteiger partial charge on any atom is -1.00 e. The number of hydrogen-bond acceptors (Lipinski definition) is 0. The number of hydrogen-bond donors (Lipinski definition) is 0. The molecule has 0 atom stereocenters. The van der Waals surface area contributed by atoms with Crippen LogP contribution in [0.3, 0.4) is 0 Å². The molecule has 0 heterocycles. The second-order valence-electron chi connectivity index (χ2n) is 3.81. The summed E-state index contributed by atoms with van der Waals surface area (Å²) in [5.41, 5.74) is 0. The summed E-state index contributed by atoms with van der Waals surface area (Å²) in [6, 6.07) is 0. The van der Waals surface area contributed by atoms with E-state index < -0.39 is 0 Å². The summed E-state index contributed by atoms with van der Waals surface area (Å²) in [7, 11) is 0. The van der Waals surface area contributed by atoms with Crippen molar-refractivity contribution in [3.05, 3.63) is 0 Å². The molecule has 2 radical (unpaired) electrons. The molecular weight excluding hydrogens is 190 g/mol. The van der Waals surface area contributed by atoms with Crippen molar-refractivity contribution in [1.82, 2.24) is 0 Å². The van der Waals surface area contributed by atoms with Crippen LogP contribution in [0.4, 0.5) is 0 Å². The fourth-order valence-electron chi connectivity index (χ4n) is 1.84. The van der Waals surface area contributed by atoms with Crippen molar-refractivity contribution in [2.24, 2.45) is 0 Å². The average Bonchev–Trinajstić information content (AvgIpc) is 2.03. The van der Waals surface area contributed by atoms with Gasteiger partial charge in [0.25, 0.3) is 0 Å². The van der Waals surface area contributed by atoms with E-state index in [-0.39, 0.29) is 2.85 Å².